The Hall–Kier alpha value is -2.10. The minimum absolute atomic E-state index is 0.0652. The second-order valence-electron chi connectivity index (χ2n) is 5.69. The van der Waals surface area contributed by atoms with Crippen LogP contribution in [0, 0.1) is 17.8 Å². The van der Waals surface area contributed by atoms with Gasteiger partial charge in [0.1, 0.15) is 0 Å². The molecule has 0 aromatic heterocycles. The minimum Gasteiger partial charge on any atom is -0.454 e. The Labute approximate surface area is 116 Å². The molecule has 4 heteroatoms. The molecule has 0 amide bonds. The zero-order valence-electron chi connectivity index (χ0n) is 11.0. The molecule has 2 aliphatic carbocycles. The highest BCUT2D eigenvalue weighted by atomic mass is 16.7. The molecule has 0 saturated heterocycles. The molecule has 1 heterocycles. The Morgan fingerprint density at radius 3 is 2.45 bits per heavy atom. The van der Waals surface area contributed by atoms with Gasteiger partial charge in [0.25, 0.3) is 0 Å². The molecule has 1 aromatic rings. The maximum absolute atomic E-state index is 12.1. The van der Waals surface area contributed by atoms with E-state index in [0.29, 0.717) is 0 Å². The molecule has 0 spiro atoms. The summed E-state index contributed by atoms with van der Waals surface area (Å²) in [5, 5.41) is 0. The van der Waals surface area contributed by atoms with Crippen molar-refractivity contribution in [2.45, 2.75) is 12.8 Å². The largest absolute Gasteiger partial charge is 0.454 e. The van der Waals surface area contributed by atoms with E-state index in [0.717, 1.165) is 17.1 Å². The van der Waals surface area contributed by atoms with Crippen molar-refractivity contribution >= 4 is 11.6 Å². The molecule has 3 aliphatic rings. The predicted octanol–water partition coefficient (Wildman–Crippen LogP) is 2.09. The van der Waals surface area contributed by atoms with Gasteiger partial charge in [-0.15, -0.1) is 0 Å². The number of ketones is 2. The lowest BCUT2D eigenvalue weighted by Crippen LogP contribution is -2.52. The average Bonchev–Trinajstić information content (AvgIpc) is 2.88. The number of rotatable bonds is 1. The maximum Gasteiger partial charge on any atom is 0.231 e. The number of allylic oxidation sites excluding steroid dienone is 2. The van der Waals surface area contributed by atoms with E-state index in [1.807, 2.05) is 25.1 Å². The molecule has 1 aliphatic heterocycles. The average molecular weight is 270 g/mol. The molecular weight excluding hydrogens is 256 g/mol. The lowest BCUT2D eigenvalue weighted by molar-refractivity contribution is -0.141. The van der Waals surface area contributed by atoms with Crippen LogP contribution in [-0.2, 0) is 9.59 Å². The number of hydrogen-bond donors (Lipinski definition) is 0. The van der Waals surface area contributed by atoms with E-state index in [4.69, 9.17) is 9.47 Å². The van der Waals surface area contributed by atoms with Crippen molar-refractivity contribution in [1.82, 2.24) is 0 Å². The van der Waals surface area contributed by atoms with E-state index in [-0.39, 0.29) is 42.0 Å². The summed E-state index contributed by atoms with van der Waals surface area (Å²) in [7, 11) is 0. The minimum atomic E-state index is -0.206. The first kappa shape index (κ1) is 11.7. The quantitative estimate of drug-likeness (QED) is 0.784. The second kappa shape index (κ2) is 3.95. The predicted molar refractivity (Wildman–Crippen MR) is 70.6 cm³/mol. The van der Waals surface area contributed by atoms with Crippen molar-refractivity contribution in [2.75, 3.05) is 6.79 Å². The van der Waals surface area contributed by atoms with Gasteiger partial charge in [0.05, 0.1) is 0 Å². The first-order chi connectivity index (χ1) is 9.66. The van der Waals surface area contributed by atoms with Crippen LogP contribution in [0.1, 0.15) is 18.4 Å². The van der Waals surface area contributed by atoms with Crippen molar-refractivity contribution in [3.63, 3.8) is 0 Å². The van der Waals surface area contributed by atoms with E-state index < -0.39 is 0 Å². The van der Waals surface area contributed by atoms with Crippen LogP contribution < -0.4 is 9.47 Å². The van der Waals surface area contributed by atoms with Gasteiger partial charge < -0.3 is 9.47 Å². The fourth-order valence-corrected chi connectivity index (χ4v) is 3.76. The van der Waals surface area contributed by atoms with E-state index in [1.54, 1.807) is 0 Å². The fraction of sp³-hybridized carbons (Fsp3) is 0.375. The smallest absolute Gasteiger partial charge is 0.231 e. The Morgan fingerprint density at radius 1 is 0.950 bits per heavy atom. The molecule has 0 unspecified atom stereocenters. The zero-order valence-corrected chi connectivity index (χ0v) is 11.0. The Morgan fingerprint density at radius 2 is 1.65 bits per heavy atom. The van der Waals surface area contributed by atoms with Crippen LogP contribution in [0.15, 0.2) is 30.4 Å². The number of fused-ring (bicyclic) bond motifs is 2. The van der Waals surface area contributed by atoms with Gasteiger partial charge in [-0.3, -0.25) is 9.59 Å². The van der Waals surface area contributed by atoms with Gasteiger partial charge in [-0.1, -0.05) is 13.0 Å². The summed E-state index contributed by atoms with van der Waals surface area (Å²) < 4.78 is 10.7. The summed E-state index contributed by atoms with van der Waals surface area (Å²) in [5.41, 5.74) is 1.06. The van der Waals surface area contributed by atoms with Crippen LogP contribution in [0.25, 0.3) is 0 Å². The highest BCUT2D eigenvalue weighted by molar-refractivity contribution is 6.09. The van der Waals surface area contributed by atoms with Gasteiger partial charge in [0.2, 0.25) is 6.79 Å². The number of ether oxygens (including phenoxy) is 2. The van der Waals surface area contributed by atoms with Crippen molar-refractivity contribution in [3.05, 3.63) is 35.9 Å². The molecular formula is C16H14O4. The number of carbonyl (C=O) groups excluding carboxylic acids is 2. The molecule has 1 saturated carbocycles. The third-order valence-corrected chi connectivity index (χ3v) is 4.76. The van der Waals surface area contributed by atoms with Gasteiger partial charge in [0, 0.05) is 11.8 Å². The summed E-state index contributed by atoms with van der Waals surface area (Å²) in [6, 6.07) is 5.79. The van der Waals surface area contributed by atoms with Gasteiger partial charge >= 0.3 is 0 Å². The van der Waals surface area contributed by atoms with E-state index in [9.17, 15) is 9.59 Å². The summed E-state index contributed by atoms with van der Waals surface area (Å²) >= 11 is 0. The lowest BCUT2D eigenvalue weighted by Gasteiger charge is -2.50. The summed E-state index contributed by atoms with van der Waals surface area (Å²) in [5.74, 6) is 1.53. The lowest BCUT2D eigenvalue weighted by atomic mass is 9.51. The van der Waals surface area contributed by atoms with Gasteiger partial charge in [0.15, 0.2) is 23.1 Å². The maximum atomic E-state index is 12.1. The van der Waals surface area contributed by atoms with Gasteiger partial charge in [-0.05, 0) is 41.7 Å². The third-order valence-electron chi connectivity index (χ3n) is 4.76. The SMILES string of the molecule is C[C@H]1[C@H]2C(=O)C=CC(=O)[C@H]2[C@@H]1c1ccc2c(c1)OCO2. The van der Waals surface area contributed by atoms with Crippen LogP contribution >= 0.6 is 0 Å². The molecule has 4 atom stereocenters. The molecule has 0 N–H and O–H groups in total. The van der Waals surface area contributed by atoms with E-state index in [2.05, 4.69) is 0 Å². The first-order valence-electron chi connectivity index (χ1n) is 6.82. The van der Waals surface area contributed by atoms with Crippen LogP contribution in [-0.4, -0.2) is 18.4 Å². The van der Waals surface area contributed by atoms with Crippen molar-refractivity contribution in [1.29, 1.82) is 0 Å². The Bertz CT molecular complexity index is 646. The standard InChI is InChI=1S/C16H14O4/c1-8-14(16-11(18)4-3-10(17)15(8)16)9-2-5-12-13(6-9)20-7-19-12/h2-6,8,14-16H,7H2,1H3/t8-,14+,15+,16+/m1/s1. The molecule has 4 rings (SSSR count). The monoisotopic (exact) mass is 270 g/mol. The summed E-state index contributed by atoms with van der Waals surface area (Å²) in [6.07, 6.45) is 2.85. The topological polar surface area (TPSA) is 52.6 Å². The molecule has 102 valence electrons. The highest BCUT2D eigenvalue weighted by Gasteiger charge is 2.55. The van der Waals surface area contributed by atoms with Crippen LogP contribution in [0.4, 0.5) is 0 Å². The van der Waals surface area contributed by atoms with Crippen LogP contribution in [0.2, 0.25) is 0 Å². The second-order valence-corrected chi connectivity index (χ2v) is 5.69. The summed E-state index contributed by atoms with van der Waals surface area (Å²) in [4.78, 5) is 24.0. The number of benzene rings is 1. The number of carbonyl (C=O) groups is 2. The third kappa shape index (κ3) is 1.42. The van der Waals surface area contributed by atoms with Crippen molar-refractivity contribution in [3.8, 4) is 11.5 Å². The highest BCUT2D eigenvalue weighted by Crippen LogP contribution is 2.55. The molecule has 20 heavy (non-hydrogen) atoms. The number of hydrogen-bond acceptors (Lipinski definition) is 4. The molecule has 0 bridgehead atoms. The summed E-state index contributed by atoms with van der Waals surface area (Å²) in [6.45, 7) is 2.28. The van der Waals surface area contributed by atoms with E-state index >= 15 is 0 Å². The van der Waals surface area contributed by atoms with Crippen molar-refractivity contribution < 1.29 is 19.1 Å². The molecule has 1 fully saturated rings. The fourth-order valence-electron chi connectivity index (χ4n) is 3.76. The zero-order chi connectivity index (χ0) is 13.9. The van der Waals surface area contributed by atoms with Gasteiger partial charge in [-0.2, -0.15) is 0 Å². The van der Waals surface area contributed by atoms with Gasteiger partial charge in [-0.25, -0.2) is 0 Å². The van der Waals surface area contributed by atoms with E-state index in [1.165, 1.54) is 12.2 Å². The molecule has 1 aromatic carbocycles. The van der Waals surface area contributed by atoms with Crippen LogP contribution in [0.3, 0.4) is 0 Å². The first-order valence-corrected chi connectivity index (χ1v) is 6.82. The Balaban J connectivity index is 1.71. The Kier molecular flexibility index (Phi) is 2.31. The molecule has 0 radical (unpaired) electrons. The normalized spacial score (nSPS) is 33.9. The van der Waals surface area contributed by atoms with Crippen molar-refractivity contribution in [2.24, 2.45) is 17.8 Å². The molecule has 4 nitrogen and oxygen atoms in total. The van der Waals surface area contributed by atoms with Crippen LogP contribution in [0.5, 0.6) is 11.5 Å².